The molecule has 0 amide bonds. The van der Waals surface area contributed by atoms with E-state index in [9.17, 15) is 0 Å². The molecule has 90 valence electrons. The summed E-state index contributed by atoms with van der Waals surface area (Å²) in [4.78, 5) is 4.72. The van der Waals surface area contributed by atoms with Crippen molar-refractivity contribution >= 4 is 12.3 Å². The maximum absolute atomic E-state index is 5.99. The molecule has 0 bridgehead atoms. The molecule has 3 rings (SSSR count). The molecule has 0 saturated carbocycles. The second-order valence-corrected chi connectivity index (χ2v) is 4.84. The molecule has 18 heavy (non-hydrogen) atoms. The first-order chi connectivity index (χ1) is 8.56. The molecule has 0 unspecified atom stereocenters. The molecular formula is C16H15NO. The maximum Gasteiger partial charge on any atom is 0.156 e. The minimum Gasteiger partial charge on any atom is -0.453 e. The average molecular weight is 237 g/mol. The molecule has 2 nitrogen and oxygen atoms in total. The van der Waals surface area contributed by atoms with Crippen LogP contribution in [-0.4, -0.2) is 0 Å². The third-order valence-corrected chi connectivity index (χ3v) is 3.36. The van der Waals surface area contributed by atoms with Gasteiger partial charge in [-0.25, -0.2) is 4.99 Å². The van der Waals surface area contributed by atoms with Gasteiger partial charge in [-0.1, -0.05) is 12.6 Å². The summed E-state index contributed by atoms with van der Waals surface area (Å²) in [6.07, 6.45) is 0. The van der Waals surface area contributed by atoms with E-state index in [1.54, 1.807) is 0 Å². The Morgan fingerprint density at radius 2 is 1.89 bits per heavy atom. The lowest BCUT2D eigenvalue weighted by molar-refractivity contribution is 0.464. The zero-order chi connectivity index (χ0) is 12.9. The van der Waals surface area contributed by atoms with Crippen molar-refractivity contribution in [2.75, 3.05) is 0 Å². The lowest BCUT2D eigenvalue weighted by Crippen LogP contribution is -2.20. The second-order valence-electron chi connectivity index (χ2n) is 4.84. The zero-order valence-corrected chi connectivity index (χ0v) is 10.9. The van der Waals surface area contributed by atoms with Crippen LogP contribution in [0.15, 0.2) is 29.3 Å². The van der Waals surface area contributed by atoms with E-state index in [1.165, 1.54) is 5.56 Å². The molecule has 0 saturated heterocycles. The highest BCUT2D eigenvalue weighted by atomic mass is 16.5. The van der Waals surface area contributed by atoms with Gasteiger partial charge in [0.15, 0.2) is 11.5 Å². The first kappa shape index (κ1) is 11.0. The summed E-state index contributed by atoms with van der Waals surface area (Å²) in [6.45, 7) is 10.2. The van der Waals surface area contributed by atoms with E-state index in [2.05, 4.69) is 19.6 Å². The van der Waals surface area contributed by atoms with Crippen molar-refractivity contribution in [3.63, 3.8) is 0 Å². The number of benzene rings is 2. The Bertz CT molecular complexity index is 760. The predicted octanol–water partition coefficient (Wildman–Crippen LogP) is 3.08. The molecule has 0 N–H and O–H groups in total. The van der Waals surface area contributed by atoms with Gasteiger partial charge in [0.2, 0.25) is 0 Å². The summed E-state index contributed by atoms with van der Waals surface area (Å²) in [7, 11) is 0. The highest BCUT2D eigenvalue weighted by Gasteiger charge is 2.16. The standard InChI is InChI=1S/C16H15NO/c1-9-5-6-14-13(7-9)17-15-11(3)8-10(2)12(4)16(15)18-14/h5-8H,2H2,1,3-4H3. The van der Waals surface area contributed by atoms with Crippen LogP contribution in [0.2, 0.25) is 0 Å². The molecule has 0 aromatic heterocycles. The van der Waals surface area contributed by atoms with Gasteiger partial charge in [-0.15, -0.1) is 0 Å². The number of hydrogen-bond donors (Lipinski definition) is 0. The van der Waals surface area contributed by atoms with Crippen LogP contribution in [0, 0.1) is 20.8 Å². The molecule has 0 radical (unpaired) electrons. The quantitative estimate of drug-likeness (QED) is 0.589. The van der Waals surface area contributed by atoms with Gasteiger partial charge in [0.25, 0.3) is 0 Å². The van der Waals surface area contributed by atoms with Gasteiger partial charge in [-0.2, -0.15) is 0 Å². The highest BCUT2D eigenvalue weighted by molar-refractivity contribution is 5.59. The fraction of sp³-hybridized carbons (Fsp3) is 0.188. The van der Waals surface area contributed by atoms with Crippen LogP contribution < -0.4 is 15.3 Å². The zero-order valence-electron chi connectivity index (χ0n) is 10.9. The summed E-state index contributed by atoms with van der Waals surface area (Å²) in [5, 5.41) is 1.93. The van der Waals surface area contributed by atoms with E-state index < -0.39 is 0 Å². The normalized spacial score (nSPS) is 12.2. The fourth-order valence-electron chi connectivity index (χ4n) is 2.24. The summed E-state index contributed by atoms with van der Waals surface area (Å²) >= 11 is 0. The number of ether oxygens (including phenoxy) is 1. The first-order valence-corrected chi connectivity index (χ1v) is 6.02. The molecule has 1 aliphatic rings. The van der Waals surface area contributed by atoms with Crippen LogP contribution >= 0.6 is 0 Å². The van der Waals surface area contributed by atoms with Gasteiger partial charge < -0.3 is 4.74 Å². The Balaban J connectivity index is 2.39. The largest absolute Gasteiger partial charge is 0.453 e. The Morgan fingerprint density at radius 3 is 2.67 bits per heavy atom. The van der Waals surface area contributed by atoms with Gasteiger partial charge in [0.05, 0.1) is 0 Å². The molecule has 0 fully saturated rings. The first-order valence-electron chi connectivity index (χ1n) is 6.02. The van der Waals surface area contributed by atoms with Gasteiger partial charge in [0.1, 0.15) is 11.0 Å². The van der Waals surface area contributed by atoms with Crippen molar-refractivity contribution in [3.8, 4) is 11.5 Å². The lowest BCUT2D eigenvalue weighted by atomic mass is 10.1. The predicted molar refractivity (Wildman–Crippen MR) is 73.1 cm³/mol. The highest BCUT2D eigenvalue weighted by Crippen LogP contribution is 2.35. The Labute approximate surface area is 106 Å². The number of hydrogen-bond acceptors (Lipinski definition) is 2. The topological polar surface area (TPSA) is 21.6 Å². The Morgan fingerprint density at radius 1 is 1.11 bits per heavy atom. The average Bonchev–Trinajstić information content (AvgIpc) is 2.34. The van der Waals surface area contributed by atoms with Crippen molar-refractivity contribution in [2.45, 2.75) is 20.8 Å². The van der Waals surface area contributed by atoms with E-state index in [4.69, 9.17) is 9.73 Å². The molecule has 0 atom stereocenters. The smallest absolute Gasteiger partial charge is 0.156 e. The van der Waals surface area contributed by atoms with Crippen LogP contribution in [0.25, 0.3) is 6.58 Å². The van der Waals surface area contributed by atoms with E-state index in [-0.39, 0.29) is 0 Å². The van der Waals surface area contributed by atoms with Gasteiger partial charge in [-0.05, 0) is 55.3 Å². The molecule has 0 aliphatic carbocycles. The Kier molecular flexibility index (Phi) is 2.27. The van der Waals surface area contributed by atoms with Crippen molar-refractivity contribution in [1.82, 2.24) is 0 Å². The number of fused-ring (bicyclic) bond motifs is 2. The minimum absolute atomic E-state index is 0.821. The van der Waals surface area contributed by atoms with Crippen molar-refractivity contribution < 1.29 is 4.74 Å². The molecule has 1 heterocycles. The van der Waals surface area contributed by atoms with E-state index in [0.29, 0.717) is 0 Å². The van der Waals surface area contributed by atoms with Crippen molar-refractivity contribution in [1.29, 1.82) is 0 Å². The third-order valence-electron chi connectivity index (χ3n) is 3.36. The molecule has 0 spiro atoms. The van der Waals surface area contributed by atoms with E-state index in [1.807, 2.05) is 32.0 Å². The number of rotatable bonds is 0. The van der Waals surface area contributed by atoms with Crippen LogP contribution in [0.3, 0.4) is 0 Å². The summed E-state index contributed by atoms with van der Waals surface area (Å²) in [5.74, 6) is 1.66. The van der Waals surface area contributed by atoms with Crippen LogP contribution in [-0.2, 0) is 0 Å². The van der Waals surface area contributed by atoms with Gasteiger partial charge >= 0.3 is 0 Å². The summed E-state index contributed by atoms with van der Waals surface area (Å²) < 4.78 is 5.99. The maximum atomic E-state index is 5.99. The molecule has 2 aromatic rings. The second kappa shape index (κ2) is 3.70. The van der Waals surface area contributed by atoms with Gasteiger partial charge in [0, 0.05) is 5.56 Å². The number of aryl methyl sites for hydroxylation is 2. The molecule has 1 aliphatic heterocycles. The van der Waals surface area contributed by atoms with Crippen molar-refractivity contribution in [2.24, 2.45) is 4.99 Å². The monoisotopic (exact) mass is 237 g/mol. The van der Waals surface area contributed by atoms with Crippen LogP contribution in [0.4, 0.5) is 5.69 Å². The number of nitrogens with zero attached hydrogens (tertiary/aromatic N) is 1. The molecule has 2 heteroatoms. The molecular weight excluding hydrogens is 222 g/mol. The Hall–Kier alpha value is -2.09. The van der Waals surface area contributed by atoms with E-state index in [0.717, 1.165) is 38.9 Å². The van der Waals surface area contributed by atoms with E-state index >= 15 is 0 Å². The van der Waals surface area contributed by atoms with Crippen molar-refractivity contribution in [3.05, 3.63) is 51.5 Å². The minimum atomic E-state index is 0.821. The fourth-order valence-corrected chi connectivity index (χ4v) is 2.24. The van der Waals surface area contributed by atoms with Gasteiger partial charge in [-0.3, -0.25) is 0 Å². The summed E-state index contributed by atoms with van der Waals surface area (Å²) in [5.41, 5.74) is 4.26. The SMILES string of the molecule is C=c1cc(C)c2c(c1C)Oc1ccc(C)cc1N=2. The molecule has 2 aromatic carbocycles. The third kappa shape index (κ3) is 1.53. The lowest BCUT2D eigenvalue weighted by Gasteiger charge is -2.17. The summed E-state index contributed by atoms with van der Waals surface area (Å²) in [6, 6.07) is 8.12. The van der Waals surface area contributed by atoms with Crippen LogP contribution in [0.1, 0.15) is 16.7 Å². The van der Waals surface area contributed by atoms with Crippen LogP contribution in [0.5, 0.6) is 11.5 Å².